The van der Waals surface area contributed by atoms with Crippen molar-refractivity contribution < 1.29 is 4.74 Å². The van der Waals surface area contributed by atoms with E-state index in [1.807, 2.05) is 0 Å². The number of ether oxygens (including phenoxy) is 1. The standard InChI is InChI=1S/C11H17NO3/c1-3-4-5-6-7-12-8-9(13)10(14)11(8)15-2/h12H,3-7H2,1-2H3. The summed E-state index contributed by atoms with van der Waals surface area (Å²) in [6.45, 7) is 2.87. The second-order valence-electron chi connectivity index (χ2n) is 3.55. The van der Waals surface area contributed by atoms with Crippen molar-refractivity contribution in [1.29, 1.82) is 0 Å². The zero-order valence-electron chi connectivity index (χ0n) is 9.26. The Morgan fingerprint density at radius 2 is 1.87 bits per heavy atom. The number of rotatable bonds is 7. The monoisotopic (exact) mass is 211 g/mol. The summed E-state index contributed by atoms with van der Waals surface area (Å²) in [4.78, 5) is 22.1. The molecule has 1 aromatic carbocycles. The van der Waals surface area contributed by atoms with Crippen LogP contribution in [-0.2, 0) is 0 Å². The lowest BCUT2D eigenvalue weighted by atomic mass is 10.2. The van der Waals surface area contributed by atoms with Crippen LogP contribution < -0.4 is 20.9 Å². The summed E-state index contributed by atoms with van der Waals surface area (Å²) in [5.41, 5.74) is -0.630. The van der Waals surface area contributed by atoms with Gasteiger partial charge in [0.2, 0.25) is 0 Å². The number of hydrogen-bond acceptors (Lipinski definition) is 4. The molecule has 0 bridgehead atoms. The van der Waals surface area contributed by atoms with E-state index in [-0.39, 0.29) is 5.75 Å². The molecule has 4 heteroatoms. The molecule has 1 rings (SSSR count). The van der Waals surface area contributed by atoms with E-state index in [1.54, 1.807) is 0 Å². The molecule has 0 atom stereocenters. The number of hydrogen-bond donors (Lipinski definition) is 1. The minimum absolute atomic E-state index is 0.176. The summed E-state index contributed by atoms with van der Waals surface area (Å²) >= 11 is 0. The van der Waals surface area contributed by atoms with Gasteiger partial charge in [-0.25, -0.2) is 0 Å². The van der Waals surface area contributed by atoms with Crippen LogP contribution in [0.15, 0.2) is 9.59 Å². The summed E-state index contributed by atoms with van der Waals surface area (Å²) in [5, 5.41) is 2.94. The fourth-order valence-corrected chi connectivity index (χ4v) is 1.49. The summed E-state index contributed by atoms with van der Waals surface area (Å²) in [5.74, 6) is 0.176. The van der Waals surface area contributed by atoms with Crippen molar-refractivity contribution in [2.45, 2.75) is 32.6 Å². The van der Waals surface area contributed by atoms with Gasteiger partial charge in [0.05, 0.1) is 7.11 Å². The first-order valence-corrected chi connectivity index (χ1v) is 5.33. The van der Waals surface area contributed by atoms with E-state index in [2.05, 4.69) is 12.2 Å². The van der Waals surface area contributed by atoms with Gasteiger partial charge < -0.3 is 10.1 Å². The molecule has 1 N–H and O–H groups in total. The van der Waals surface area contributed by atoms with Crippen molar-refractivity contribution in [2.75, 3.05) is 19.0 Å². The van der Waals surface area contributed by atoms with Crippen molar-refractivity contribution in [3.63, 3.8) is 0 Å². The molecule has 0 aliphatic heterocycles. The van der Waals surface area contributed by atoms with Crippen LogP contribution in [-0.4, -0.2) is 13.7 Å². The molecule has 0 heterocycles. The Hall–Kier alpha value is -1.32. The lowest BCUT2D eigenvalue weighted by Crippen LogP contribution is -2.35. The fourth-order valence-electron chi connectivity index (χ4n) is 1.49. The van der Waals surface area contributed by atoms with E-state index >= 15 is 0 Å². The molecule has 0 saturated heterocycles. The predicted molar refractivity (Wildman–Crippen MR) is 60.5 cm³/mol. The number of methoxy groups -OCH3 is 1. The molecule has 0 saturated carbocycles. The van der Waals surface area contributed by atoms with Crippen LogP contribution in [0.2, 0.25) is 0 Å². The van der Waals surface area contributed by atoms with Gasteiger partial charge in [-0.15, -0.1) is 0 Å². The third-order valence-corrected chi connectivity index (χ3v) is 2.40. The SMILES string of the molecule is CCCCCCNc1c(OC)c(=O)c1=O. The van der Waals surface area contributed by atoms with Crippen molar-refractivity contribution in [1.82, 2.24) is 0 Å². The average molecular weight is 211 g/mol. The molecule has 0 unspecified atom stereocenters. The van der Waals surface area contributed by atoms with E-state index in [4.69, 9.17) is 4.74 Å². The third kappa shape index (κ3) is 2.58. The Morgan fingerprint density at radius 3 is 2.47 bits per heavy atom. The van der Waals surface area contributed by atoms with Crippen molar-refractivity contribution in [3.05, 3.63) is 20.4 Å². The Balaban J connectivity index is 2.35. The van der Waals surface area contributed by atoms with Crippen LogP contribution >= 0.6 is 0 Å². The molecule has 0 aromatic heterocycles. The molecule has 84 valence electrons. The first kappa shape index (κ1) is 11.8. The first-order valence-electron chi connectivity index (χ1n) is 5.33. The lowest BCUT2D eigenvalue weighted by molar-refractivity contribution is 0.407. The Kier molecular flexibility index (Phi) is 4.34. The van der Waals surface area contributed by atoms with Gasteiger partial charge in [-0.1, -0.05) is 26.2 Å². The van der Waals surface area contributed by atoms with Gasteiger partial charge in [0.1, 0.15) is 5.69 Å². The van der Waals surface area contributed by atoms with E-state index in [9.17, 15) is 9.59 Å². The summed E-state index contributed by atoms with van der Waals surface area (Å²) in [6, 6.07) is 0. The minimum atomic E-state index is -0.520. The predicted octanol–water partition coefficient (Wildman–Crippen LogP) is 1.28. The van der Waals surface area contributed by atoms with Crippen LogP contribution in [0.5, 0.6) is 5.75 Å². The molecule has 0 radical (unpaired) electrons. The summed E-state index contributed by atoms with van der Waals surface area (Å²) in [7, 11) is 1.40. The van der Waals surface area contributed by atoms with Gasteiger partial charge in [-0.2, -0.15) is 0 Å². The smallest absolute Gasteiger partial charge is 0.271 e. The van der Waals surface area contributed by atoms with Crippen molar-refractivity contribution in [2.24, 2.45) is 0 Å². The highest BCUT2D eigenvalue weighted by molar-refractivity contribution is 5.61. The lowest BCUT2D eigenvalue weighted by Gasteiger charge is -2.11. The zero-order valence-corrected chi connectivity index (χ0v) is 9.26. The van der Waals surface area contributed by atoms with Gasteiger partial charge in [0, 0.05) is 6.54 Å². The van der Waals surface area contributed by atoms with E-state index in [1.165, 1.54) is 20.0 Å². The van der Waals surface area contributed by atoms with Crippen LogP contribution in [0.3, 0.4) is 0 Å². The second-order valence-corrected chi connectivity index (χ2v) is 3.55. The normalized spacial score (nSPS) is 10.5. The summed E-state index contributed by atoms with van der Waals surface area (Å²) in [6.07, 6.45) is 4.53. The number of anilines is 1. The second kappa shape index (κ2) is 5.53. The first-order chi connectivity index (χ1) is 7.22. The maximum atomic E-state index is 11.1. The molecule has 4 nitrogen and oxygen atoms in total. The number of nitrogens with one attached hydrogen (secondary N) is 1. The van der Waals surface area contributed by atoms with Gasteiger partial charge in [-0.3, -0.25) is 9.59 Å². The van der Waals surface area contributed by atoms with Crippen LogP contribution in [0.1, 0.15) is 32.6 Å². The molecule has 1 aromatic rings. The number of unbranched alkanes of at least 4 members (excludes halogenated alkanes) is 3. The summed E-state index contributed by atoms with van der Waals surface area (Å²) < 4.78 is 4.81. The van der Waals surface area contributed by atoms with Crippen molar-refractivity contribution in [3.8, 4) is 5.75 Å². The average Bonchev–Trinajstić information content (AvgIpc) is 2.26. The van der Waals surface area contributed by atoms with Gasteiger partial charge >= 0.3 is 0 Å². The maximum Gasteiger partial charge on any atom is 0.271 e. The highest BCUT2D eigenvalue weighted by Gasteiger charge is 2.20. The molecule has 15 heavy (non-hydrogen) atoms. The van der Waals surface area contributed by atoms with Gasteiger partial charge in [0.25, 0.3) is 10.9 Å². The Labute approximate surface area is 89.0 Å². The molecule has 0 spiro atoms. The van der Waals surface area contributed by atoms with E-state index in [0.29, 0.717) is 5.69 Å². The molecule has 0 aliphatic rings. The maximum absolute atomic E-state index is 11.1. The molecule has 0 amide bonds. The largest absolute Gasteiger partial charge is 0.491 e. The van der Waals surface area contributed by atoms with Crippen molar-refractivity contribution >= 4 is 5.69 Å². The highest BCUT2D eigenvalue weighted by atomic mass is 16.5. The Morgan fingerprint density at radius 1 is 1.13 bits per heavy atom. The van der Waals surface area contributed by atoms with Gasteiger partial charge in [0.15, 0.2) is 5.75 Å². The van der Waals surface area contributed by atoms with Crippen LogP contribution in [0.25, 0.3) is 0 Å². The third-order valence-electron chi connectivity index (χ3n) is 2.40. The molecule has 0 aliphatic carbocycles. The Bertz CT molecular complexity index is 377. The molecular formula is C11H17NO3. The fraction of sp³-hybridized carbons (Fsp3) is 0.636. The quantitative estimate of drug-likeness (QED) is 0.545. The van der Waals surface area contributed by atoms with E-state index in [0.717, 1.165) is 19.4 Å². The van der Waals surface area contributed by atoms with E-state index < -0.39 is 10.9 Å². The zero-order chi connectivity index (χ0) is 11.3. The van der Waals surface area contributed by atoms with Crippen LogP contribution in [0.4, 0.5) is 5.69 Å². The van der Waals surface area contributed by atoms with Crippen LogP contribution in [0, 0.1) is 0 Å². The highest BCUT2D eigenvalue weighted by Crippen LogP contribution is 2.16. The molecule has 0 fully saturated rings. The topological polar surface area (TPSA) is 55.4 Å². The minimum Gasteiger partial charge on any atom is -0.491 e. The molecular weight excluding hydrogens is 194 g/mol. The van der Waals surface area contributed by atoms with Gasteiger partial charge in [-0.05, 0) is 6.42 Å².